The van der Waals surface area contributed by atoms with E-state index in [2.05, 4.69) is 6.58 Å². The van der Waals surface area contributed by atoms with Crippen molar-refractivity contribution in [3.8, 4) is 0 Å². The number of ether oxygens (including phenoxy) is 2. The normalized spacial score (nSPS) is 33.1. The Morgan fingerprint density at radius 1 is 1.22 bits per heavy atom. The predicted octanol–water partition coefficient (Wildman–Crippen LogP) is 2.43. The topological polar surface area (TPSA) is 52.6 Å². The number of hydrogen-bond acceptors (Lipinski definition) is 4. The minimum absolute atomic E-state index is 0.0738. The molecule has 2 aliphatic rings. The van der Waals surface area contributed by atoms with Gasteiger partial charge < -0.3 is 9.47 Å². The lowest BCUT2D eigenvalue weighted by Crippen LogP contribution is -2.58. The molecule has 4 heteroatoms. The van der Waals surface area contributed by atoms with Gasteiger partial charge in [0.2, 0.25) is 0 Å². The highest BCUT2D eigenvalue weighted by Crippen LogP contribution is 2.54. The van der Waals surface area contributed by atoms with Crippen molar-refractivity contribution >= 4 is 11.9 Å². The first-order valence-electron chi connectivity index (χ1n) is 6.34. The second-order valence-corrected chi connectivity index (χ2v) is 5.93. The van der Waals surface area contributed by atoms with Gasteiger partial charge in [0, 0.05) is 19.8 Å². The van der Waals surface area contributed by atoms with Gasteiger partial charge in [0.15, 0.2) is 5.41 Å². The van der Waals surface area contributed by atoms with Crippen LogP contribution in [0.5, 0.6) is 0 Å². The number of hydrogen-bond donors (Lipinski definition) is 0. The number of allylic oxidation sites excluding steroid dienone is 1. The summed E-state index contributed by atoms with van der Waals surface area (Å²) in [7, 11) is 0. The van der Waals surface area contributed by atoms with Crippen LogP contribution in [0, 0.1) is 17.3 Å². The van der Waals surface area contributed by atoms with Crippen molar-refractivity contribution < 1.29 is 19.1 Å². The van der Waals surface area contributed by atoms with E-state index in [9.17, 15) is 9.59 Å². The van der Waals surface area contributed by atoms with Crippen LogP contribution in [0.3, 0.4) is 0 Å². The first kappa shape index (κ1) is 13.1. The van der Waals surface area contributed by atoms with Gasteiger partial charge in [0.05, 0.1) is 0 Å². The van der Waals surface area contributed by atoms with Gasteiger partial charge in [0.25, 0.3) is 5.79 Å². The fourth-order valence-electron chi connectivity index (χ4n) is 3.26. The van der Waals surface area contributed by atoms with Crippen LogP contribution < -0.4 is 0 Å². The van der Waals surface area contributed by atoms with Gasteiger partial charge in [-0.25, -0.2) is 0 Å². The third-order valence-electron chi connectivity index (χ3n) is 4.16. The van der Waals surface area contributed by atoms with Crippen LogP contribution in [0.1, 0.15) is 40.5 Å². The molecular formula is C14H20O4. The number of carbonyl (C=O) groups is 2. The molecule has 0 bridgehead atoms. The van der Waals surface area contributed by atoms with E-state index in [1.807, 2.05) is 13.8 Å². The molecule has 1 aliphatic heterocycles. The zero-order chi connectivity index (χ0) is 13.7. The molecule has 2 rings (SSSR count). The minimum atomic E-state index is -1.18. The minimum Gasteiger partial charge on any atom is -0.422 e. The van der Waals surface area contributed by atoms with Crippen LogP contribution in [-0.4, -0.2) is 17.7 Å². The third kappa shape index (κ3) is 1.58. The summed E-state index contributed by atoms with van der Waals surface area (Å²) in [6.07, 6.45) is 1.59. The highest BCUT2D eigenvalue weighted by Gasteiger charge is 2.65. The molecule has 0 N–H and O–H groups in total. The maximum absolute atomic E-state index is 12.4. The van der Waals surface area contributed by atoms with E-state index in [1.54, 1.807) is 13.8 Å². The first-order chi connectivity index (χ1) is 8.21. The van der Waals surface area contributed by atoms with Crippen LogP contribution in [0.25, 0.3) is 0 Å². The largest absolute Gasteiger partial charge is 0.422 e. The van der Waals surface area contributed by atoms with Gasteiger partial charge >= 0.3 is 11.9 Å². The monoisotopic (exact) mass is 252 g/mol. The van der Waals surface area contributed by atoms with E-state index < -0.39 is 23.1 Å². The van der Waals surface area contributed by atoms with E-state index >= 15 is 0 Å². The van der Waals surface area contributed by atoms with E-state index in [4.69, 9.17) is 9.47 Å². The predicted molar refractivity (Wildman–Crippen MR) is 65.4 cm³/mol. The van der Waals surface area contributed by atoms with Gasteiger partial charge in [-0.2, -0.15) is 0 Å². The Morgan fingerprint density at radius 2 is 1.72 bits per heavy atom. The fraction of sp³-hybridized carbons (Fsp3) is 0.714. The summed E-state index contributed by atoms with van der Waals surface area (Å²) in [4.78, 5) is 24.8. The van der Waals surface area contributed by atoms with Crippen molar-refractivity contribution in [1.82, 2.24) is 0 Å². The first-order valence-corrected chi connectivity index (χ1v) is 6.34. The van der Waals surface area contributed by atoms with Crippen LogP contribution in [-0.2, 0) is 19.1 Å². The summed E-state index contributed by atoms with van der Waals surface area (Å²) >= 11 is 0. The van der Waals surface area contributed by atoms with Gasteiger partial charge in [0.1, 0.15) is 0 Å². The second-order valence-electron chi connectivity index (χ2n) is 5.93. The van der Waals surface area contributed by atoms with Crippen molar-refractivity contribution in [1.29, 1.82) is 0 Å². The molecule has 1 saturated heterocycles. The summed E-state index contributed by atoms with van der Waals surface area (Å²) in [5.74, 6) is -2.33. The summed E-state index contributed by atoms with van der Waals surface area (Å²) < 4.78 is 10.6. The smallest absolute Gasteiger partial charge is 0.327 e. The molecule has 2 fully saturated rings. The molecular weight excluding hydrogens is 232 g/mol. The standard InChI is InChI=1S/C14H20O4/c1-8(2)10-7-6-9(3)14(10)11(15)17-13(4,5)18-12(14)16/h9-10H,1,6-7H2,2-5H3/t9-,10+/m1/s1. The Hall–Kier alpha value is -1.32. The van der Waals surface area contributed by atoms with E-state index in [1.165, 1.54) is 0 Å². The Morgan fingerprint density at radius 3 is 2.17 bits per heavy atom. The van der Waals surface area contributed by atoms with Crippen molar-refractivity contribution in [2.24, 2.45) is 17.3 Å². The quantitative estimate of drug-likeness (QED) is 0.408. The molecule has 0 unspecified atom stereocenters. The number of rotatable bonds is 1. The van der Waals surface area contributed by atoms with Crippen LogP contribution in [0.2, 0.25) is 0 Å². The molecule has 4 nitrogen and oxygen atoms in total. The van der Waals surface area contributed by atoms with Crippen molar-refractivity contribution in [3.63, 3.8) is 0 Å². The van der Waals surface area contributed by atoms with E-state index in [-0.39, 0.29) is 11.8 Å². The molecule has 18 heavy (non-hydrogen) atoms. The molecule has 0 amide bonds. The van der Waals surface area contributed by atoms with Crippen LogP contribution >= 0.6 is 0 Å². The van der Waals surface area contributed by atoms with Crippen molar-refractivity contribution in [3.05, 3.63) is 12.2 Å². The molecule has 1 aliphatic carbocycles. The molecule has 0 radical (unpaired) electrons. The SMILES string of the molecule is C=C(C)[C@@H]1CC[C@@H](C)C12C(=O)OC(C)(C)OC2=O. The second kappa shape index (κ2) is 3.84. The average Bonchev–Trinajstić information content (AvgIpc) is 2.53. The number of esters is 2. The van der Waals surface area contributed by atoms with Crippen LogP contribution in [0.15, 0.2) is 12.2 Å². The summed E-state index contributed by atoms with van der Waals surface area (Å²) in [6, 6.07) is 0. The van der Waals surface area contributed by atoms with Gasteiger partial charge in [-0.15, -0.1) is 0 Å². The van der Waals surface area contributed by atoms with Gasteiger partial charge in [-0.3, -0.25) is 9.59 Å². The summed E-state index contributed by atoms with van der Waals surface area (Å²) in [5, 5.41) is 0. The zero-order valence-electron chi connectivity index (χ0n) is 11.4. The molecule has 0 aromatic carbocycles. The van der Waals surface area contributed by atoms with Crippen molar-refractivity contribution in [2.45, 2.75) is 46.3 Å². The molecule has 2 atom stereocenters. The molecule has 1 saturated carbocycles. The van der Waals surface area contributed by atoms with Crippen LogP contribution in [0.4, 0.5) is 0 Å². The van der Waals surface area contributed by atoms with Gasteiger partial charge in [-0.1, -0.05) is 19.1 Å². The number of carbonyl (C=O) groups excluding carboxylic acids is 2. The lowest BCUT2D eigenvalue weighted by Gasteiger charge is -2.43. The maximum Gasteiger partial charge on any atom is 0.327 e. The lowest BCUT2D eigenvalue weighted by atomic mass is 9.69. The van der Waals surface area contributed by atoms with E-state index in [0.717, 1.165) is 18.4 Å². The summed E-state index contributed by atoms with van der Waals surface area (Å²) in [6.45, 7) is 10.8. The highest BCUT2D eigenvalue weighted by molar-refractivity contribution is 6.03. The Balaban J connectivity index is 2.48. The van der Waals surface area contributed by atoms with Crippen molar-refractivity contribution in [2.75, 3.05) is 0 Å². The van der Waals surface area contributed by atoms with E-state index in [0.29, 0.717) is 0 Å². The fourth-order valence-corrected chi connectivity index (χ4v) is 3.26. The summed E-state index contributed by atoms with van der Waals surface area (Å²) in [5.41, 5.74) is -0.339. The zero-order valence-corrected chi connectivity index (χ0v) is 11.4. The molecule has 1 heterocycles. The molecule has 0 aromatic rings. The average molecular weight is 252 g/mol. The Kier molecular flexibility index (Phi) is 2.80. The highest BCUT2D eigenvalue weighted by atomic mass is 16.7. The van der Waals surface area contributed by atoms with Gasteiger partial charge in [-0.05, 0) is 25.7 Å². The Bertz CT molecular complexity index is 402. The molecule has 0 aromatic heterocycles. The Labute approximate surface area is 107 Å². The third-order valence-corrected chi connectivity index (χ3v) is 4.16. The molecule has 100 valence electrons. The maximum atomic E-state index is 12.4. The lowest BCUT2D eigenvalue weighted by molar-refractivity contribution is -0.256. The number of cyclic esters (lactones) is 2. The molecule has 1 spiro atoms.